The molecule has 0 unspecified atom stereocenters. The van der Waals surface area contributed by atoms with Crippen molar-refractivity contribution >= 4 is 39.2 Å². The fourth-order valence-electron chi connectivity index (χ4n) is 5.02. The first-order valence-corrected chi connectivity index (χ1v) is 12.7. The Morgan fingerprint density at radius 1 is 1.16 bits per heavy atom. The molecule has 3 aliphatic heterocycles. The summed E-state index contributed by atoms with van der Waals surface area (Å²) in [5, 5.41) is -0.565. The molecule has 168 valence electrons. The number of aliphatic imine (C=N–C) groups is 1. The van der Waals surface area contributed by atoms with Crippen LogP contribution < -0.4 is 9.62 Å². The maximum atomic E-state index is 14.4. The molecular weight excluding hydrogens is 456 g/mol. The van der Waals surface area contributed by atoms with Crippen LogP contribution in [0.2, 0.25) is 0 Å². The first-order valence-electron chi connectivity index (χ1n) is 10.4. The van der Waals surface area contributed by atoms with Crippen molar-refractivity contribution in [2.45, 2.75) is 66.6 Å². The highest BCUT2D eigenvalue weighted by molar-refractivity contribution is 7.98. The van der Waals surface area contributed by atoms with Crippen LogP contribution in [-0.2, 0) is 10.0 Å². The molecule has 2 aliphatic carbocycles. The Hall–Kier alpha value is -1.53. The van der Waals surface area contributed by atoms with E-state index < -0.39 is 45.4 Å². The van der Waals surface area contributed by atoms with E-state index in [0.717, 1.165) is 35.2 Å². The van der Waals surface area contributed by atoms with E-state index in [4.69, 9.17) is 0 Å². The van der Waals surface area contributed by atoms with Crippen molar-refractivity contribution in [3.05, 3.63) is 17.9 Å². The smallest absolute Gasteiger partial charge is 0.352 e. The lowest BCUT2D eigenvalue weighted by Crippen LogP contribution is -2.61. The van der Waals surface area contributed by atoms with Gasteiger partial charge < -0.3 is 9.62 Å². The zero-order valence-electron chi connectivity index (χ0n) is 16.3. The van der Waals surface area contributed by atoms with E-state index >= 15 is 0 Å². The van der Waals surface area contributed by atoms with Gasteiger partial charge in [-0.25, -0.2) is 17.8 Å². The monoisotopic (exact) mass is 476 g/mol. The summed E-state index contributed by atoms with van der Waals surface area (Å²) in [4.78, 5) is 6.20. The first kappa shape index (κ1) is 20.1. The van der Waals surface area contributed by atoms with E-state index in [0.29, 0.717) is 29.3 Å². The number of benzene rings is 1. The van der Waals surface area contributed by atoms with E-state index in [1.165, 1.54) is 11.0 Å². The second-order valence-electron chi connectivity index (χ2n) is 8.91. The minimum Gasteiger partial charge on any atom is -0.352 e. The number of piperazine rings is 1. The molecule has 0 aromatic heterocycles. The number of rotatable bonds is 4. The fraction of sp³-hybridized carbons (Fsp3) is 0.632. The van der Waals surface area contributed by atoms with E-state index in [1.807, 2.05) is 0 Å². The van der Waals surface area contributed by atoms with Crippen LogP contribution in [0.5, 0.6) is 0 Å². The fourth-order valence-corrected chi connectivity index (χ4v) is 7.93. The first-order chi connectivity index (χ1) is 14.6. The number of halogens is 4. The highest BCUT2D eigenvalue weighted by atomic mass is 32.2. The molecule has 1 N–H and O–H groups in total. The molecule has 6 rings (SSSR count). The van der Waals surface area contributed by atoms with Crippen LogP contribution in [0.1, 0.15) is 32.1 Å². The molecule has 0 spiro atoms. The average Bonchev–Trinajstić information content (AvgIpc) is 3.62. The Bertz CT molecular complexity index is 1090. The Balaban J connectivity index is 1.44. The molecule has 31 heavy (non-hydrogen) atoms. The van der Waals surface area contributed by atoms with Crippen LogP contribution in [-0.4, -0.2) is 54.7 Å². The second kappa shape index (κ2) is 6.50. The maximum absolute atomic E-state index is 14.4. The Morgan fingerprint density at radius 2 is 1.90 bits per heavy atom. The molecule has 12 heteroatoms. The summed E-state index contributed by atoms with van der Waals surface area (Å²) in [5.74, 6) is 0.321. The summed E-state index contributed by atoms with van der Waals surface area (Å²) in [6.45, 7) is -0.00798. The molecule has 2 bridgehead atoms. The number of fused-ring (bicyclic) bond motifs is 3. The Labute approximate surface area is 181 Å². The van der Waals surface area contributed by atoms with E-state index in [2.05, 4.69) is 9.71 Å². The summed E-state index contributed by atoms with van der Waals surface area (Å²) in [6, 6.07) is -1.51. The van der Waals surface area contributed by atoms with Crippen LogP contribution in [0.25, 0.3) is 0 Å². The van der Waals surface area contributed by atoms with Gasteiger partial charge in [-0.1, -0.05) is 0 Å². The number of nitrogens with one attached hydrogen (secondary N) is 1. The van der Waals surface area contributed by atoms with Gasteiger partial charge in [0.25, 0.3) is 0 Å². The third-order valence-electron chi connectivity index (χ3n) is 6.70. The molecule has 0 amide bonds. The molecule has 1 aromatic rings. The van der Waals surface area contributed by atoms with Crippen molar-refractivity contribution in [2.24, 2.45) is 10.9 Å². The van der Waals surface area contributed by atoms with Crippen molar-refractivity contribution in [1.29, 1.82) is 0 Å². The number of alkyl halides is 3. The van der Waals surface area contributed by atoms with Crippen LogP contribution in [0.4, 0.5) is 28.9 Å². The van der Waals surface area contributed by atoms with Gasteiger partial charge in [0, 0.05) is 18.5 Å². The lowest BCUT2D eigenvalue weighted by Gasteiger charge is -2.43. The number of sulfonamides is 1. The SMILES string of the molecule is O=S(=O)(C1CC1)N1C[C@@H]2C[C@H]1[C@@H](C(F)(F)F)N2c1cc(F)cc2c1N=C(C1CC1)NS2. The Kier molecular flexibility index (Phi) is 4.22. The van der Waals surface area contributed by atoms with E-state index in [9.17, 15) is 26.0 Å². The summed E-state index contributed by atoms with van der Waals surface area (Å²) in [6.07, 6.45) is -1.67. The lowest BCUT2D eigenvalue weighted by molar-refractivity contribution is -0.156. The lowest BCUT2D eigenvalue weighted by atomic mass is 10.1. The van der Waals surface area contributed by atoms with Crippen molar-refractivity contribution in [2.75, 3.05) is 11.4 Å². The van der Waals surface area contributed by atoms with Gasteiger partial charge in [-0.05, 0) is 56.2 Å². The van der Waals surface area contributed by atoms with Gasteiger partial charge in [-0.2, -0.15) is 17.5 Å². The molecule has 3 heterocycles. The topological polar surface area (TPSA) is 65.0 Å². The maximum Gasteiger partial charge on any atom is 0.410 e. The molecule has 2 saturated carbocycles. The van der Waals surface area contributed by atoms with Crippen molar-refractivity contribution in [1.82, 2.24) is 9.03 Å². The van der Waals surface area contributed by atoms with Gasteiger partial charge in [0.1, 0.15) is 23.4 Å². The minimum atomic E-state index is -4.67. The number of hydrogen-bond acceptors (Lipinski definition) is 6. The van der Waals surface area contributed by atoms with Gasteiger partial charge in [0.2, 0.25) is 10.0 Å². The average molecular weight is 477 g/mol. The minimum absolute atomic E-state index is 0.00798. The van der Waals surface area contributed by atoms with Gasteiger partial charge in [0.15, 0.2) is 0 Å². The third kappa shape index (κ3) is 3.16. The number of hydrogen-bond donors (Lipinski definition) is 1. The van der Waals surface area contributed by atoms with Crippen molar-refractivity contribution in [3.63, 3.8) is 0 Å². The zero-order chi connectivity index (χ0) is 21.7. The molecular formula is C19H20F4N4O2S2. The highest BCUT2D eigenvalue weighted by Gasteiger charge is 2.64. The van der Waals surface area contributed by atoms with E-state index in [1.54, 1.807) is 0 Å². The van der Waals surface area contributed by atoms with Crippen LogP contribution in [0, 0.1) is 11.7 Å². The Morgan fingerprint density at radius 3 is 2.55 bits per heavy atom. The van der Waals surface area contributed by atoms with Gasteiger partial charge >= 0.3 is 6.18 Å². The zero-order valence-corrected chi connectivity index (χ0v) is 17.9. The molecule has 6 nitrogen and oxygen atoms in total. The van der Waals surface area contributed by atoms with Crippen molar-refractivity contribution < 1.29 is 26.0 Å². The molecule has 1 aromatic carbocycles. The number of amidine groups is 1. The predicted molar refractivity (Wildman–Crippen MR) is 108 cm³/mol. The van der Waals surface area contributed by atoms with Gasteiger partial charge in [-0.3, -0.25) is 0 Å². The van der Waals surface area contributed by atoms with Crippen molar-refractivity contribution in [3.8, 4) is 0 Å². The number of anilines is 1. The third-order valence-corrected chi connectivity index (χ3v) is 9.93. The standard InChI is InChI=1S/C19H20F4N4O2S2/c20-10-5-13(16-15(6-10)30-25-18(24-16)9-1-2-9)27-11-7-14(17(27)19(21,22)23)26(8-11)31(28,29)12-3-4-12/h5-6,9,11-12,14,17H,1-4,7-8H2,(H,24,25)/t11-,14-,17-/m0/s1. The molecule has 0 radical (unpaired) electrons. The van der Waals surface area contributed by atoms with Crippen LogP contribution in [0.3, 0.4) is 0 Å². The van der Waals surface area contributed by atoms with Crippen LogP contribution in [0.15, 0.2) is 22.0 Å². The van der Waals surface area contributed by atoms with Gasteiger partial charge in [-0.15, -0.1) is 0 Å². The predicted octanol–water partition coefficient (Wildman–Crippen LogP) is 3.56. The van der Waals surface area contributed by atoms with E-state index in [-0.39, 0.29) is 24.6 Å². The molecule has 2 saturated heterocycles. The normalized spacial score (nSPS) is 30.9. The highest BCUT2D eigenvalue weighted by Crippen LogP contribution is 2.52. The second-order valence-corrected chi connectivity index (χ2v) is 11.9. The summed E-state index contributed by atoms with van der Waals surface area (Å²) < 4.78 is 86.9. The number of nitrogens with zero attached hydrogens (tertiary/aromatic N) is 3. The summed E-state index contributed by atoms with van der Waals surface area (Å²) in [5.41, 5.74) is 0.436. The summed E-state index contributed by atoms with van der Waals surface area (Å²) >= 11 is 1.16. The van der Waals surface area contributed by atoms with Crippen LogP contribution >= 0.6 is 11.9 Å². The molecule has 4 fully saturated rings. The molecule has 5 aliphatic rings. The summed E-state index contributed by atoms with van der Waals surface area (Å²) in [7, 11) is -3.74. The van der Waals surface area contributed by atoms with Gasteiger partial charge in [0.05, 0.1) is 21.9 Å². The largest absolute Gasteiger partial charge is 0.410 e. The quantitative estimate of drug-likeness (QED) is 0.532. The molecule has 3 atom stereocenters.